The van der Waals surface area contributed by atoms with Crippen molar-refractivity contribution in [2.75, 3.05) is 47.4 Å². The summed E-state index contributed by atoms with van der Waals surface area (Å²) < 4.78 is 0. The van der Waals surface area contributed by atoms with Crippen molar-refractivity contribution in [3.05, 3.63) is 430 Å². The van der Waals surface area contributed by atoms with Gasteiger partial charge in [-0.2, -0.15) is 0 Å². The fourth-order valence-electron chi connectivity index (χ4n) is 19.6. The van der Waals surface area contributed by atoms with Crippen LogP contribution in [0.15, 0.2) is 297 Å². The molecule has 4 aliphatic heterocycles. The summed E-state index contributed by atoms with van der Waals surface area (Å²) in [5.41, 5.74) is 6.84. The first-order valence-corrected chi connectivity index (χ1v) is 51.5. The highest BCUT2D eigenvalue weighted by molar-refractivity contribution is 6.44. The molecular weight excluding hydrogens is 2050 g/mol. The average molecular weight is 2150 g/mol. The first-order valence-electron chi connectivity index (χ1n) is 47.0. The van der Waals surface area contributed by atoms with E-state index in [-0.39, 0.29) is 58.1 Å². The third-order valence-corrected chi connectivity index (χ3v) is 31.1. The molecule has 4 heterocycles. The second-order valence-corrected chi connectivity index (χ2v) is 42.6. The van der Waals surface area contributed by atoms with E-state index in [1.807, 2.05) is 146 Å². The minimum atomic E-state index is -0.833. The van der Waals surface area contributed by atoms with Crippen LogP contribution in [0, 0.1) is 11.3 Å². The van der Waals surface area contributed by atoms with E-state index in [0.717, 1.165) is 79.7 Å². The smallest absolute Gasteiger partial charge is 0.245 e. The summed E-state index contributed by atoms with van der Waals surface area (Å²) in [6, 6.07) is 88.0. The lowest BCUT2D eigenvalue weighted by atomic mass is 9.70. The van der Waals surface area contributed by atoms with Crippen molar-refractivity contribution in [1.82, 2.24) is 19.6 Å². The number of hydrogen-bond donors (Lipinski definition) is 4. The summed E-state index contributed by atoms with van der Waals surface area (Å²) in [5.74, 6) is -1.35. The molecule has 13 aromatic rings. The predicted octanol–water partition coefficient (Wildman–Crippen LogP) is 30.4. The monoisotopic (exact) mass is 2150 g/mol. The number of carbonyl (C=O) groups excluding carboxylic acids is 8. The van der Waals surface area contributed by atoms with E-state index < -0.39 is 22.2 Å². The fraction of sp³-hybridized carbons (Fsp3) is 0.252. The maximum absolute atomic E-state index is 14.3. The van der Waals surface area contributed by atoms with Gasteiger partial charge in [0, 0.05) is 90.8 Å². The Kier molecular flexibility index (Phi) is 36.7. The van der Waals surface area contributed by atoms with Crippen molar-refractivity contribution >= 4 is 209 Å². The van der Waals surface area contributed by atoms with Crippen molar-refractivity contribution in [3.8, 4) is 0 Å². The van der Waals surface area contributed by atoms with Gasteiger partial charge in [0.05, 0.1) is 68.5 Å². The third-order valence-electron chi connectivity index (χ3n) is 27.2. The molecule has 28 heteroatoms. The van der Waals surface area contributed by atoms with Crippen LogP contribution in [0.2, 0.25) is 60.3 Å². The SMILES string of the molecule is CC(C)(C)[C@]1(C(=O)Nc2ccc(Cl)cc2C(=O)c2ccccc2)CCCN1Cc1ccc(Cl)c(Cl)c1.CC(C)[C@]1(C(=O)Nc2ccc(Cl)cc2C(=O)c2ccccc2)CCCN1Cc1ccc(Cl)c(Cl)c1.C[C@]1(C(=O)Nc2ccc(Cl)cc2C(=O)c2ccccc2)CCCN1Cc1ccc(Cl)c(Cl)c1.O=C(c1ccccc1)c1cc(Cl)ccc1NC(=O)[C@@]1(Cc2ccccc2)CCCN1Cc1ccc(Cl)c(Cl)c1. The summed E-state index contributed by atoms with van der Waals surface area (Å²) in [6.45, 7) is 17.6. The molecule has 4 N–H and O–H groups in total. The number of rotatable bonds is 27. The Bertz CT molecular complexity index is 6850. The van der Waals surface area contributed by atoms with E-state index >= 15 is 0 Å². The number of carbonyl (C=O) groups is 8. The molecule has 16 nitrogen and oxygen atoms in total. The van der Waals surface area contributed by atoms with Gasteiger partial charge in [0.25, 0.3) is 0 Å². The Morgan fingerprint density at radius 2 is 0.587 bits per heavy atom. The number of amides is 4. The first-order chi connectivity index (χ1) is 68.4. The number of ketones is 4. The summed E-state index contributed by atoms with van der Waals surface area (Å²) in [5, 5.41) is 18.0. The van der Waals surface area contributed by atoms with Gasteiger partial charge in [-0.25, -0.2) is 0 Å². The molecule has 0 spiro atoms. The number of anilines is 4. The maximum Gasteiger partial charge on any atom is 0.245 e. The molecule has 0 radical (unpaired) electrons. The van der Waals surface area contributed by atoms with Gasteiger partial charge < -0.3 is 21.3 Å². The van der Waals surface area contributed by atoms with Crippen molar-refractivity contribution < 1.29 is 38.4 Å². The van der Waals surface area contributed by atoms with E-state index in [2.05, 4.69) is 75.5 Å². The lowest BCUT2D eigenvalue weighted by Gasteiger charge is -2.47. The number of benzene rings is 13. The Morgan fingerprint density at radius 1 is 0.294 bits per heavy atom. The highest BCUT2D eigenvalue weighted by Gasteiger charge is 2.56. The highest BCUT2D eigenvalue weighted by Crippen LogP contribution is 2.48. The molecule has 143 heavy (non-hydrogen) atoms. The van der Waals surface area contributed by atoms with Crippen LogP contribution < -0.4 is 21.3 Å². The maximum atomic E-state index is 14.3. The standard InChI is InChI=1S/C32H27Cl3N2O2.C29H29Cl3N2O2.C28H27Cl3N2O2.C26H23Cl3N2O2/c33-25-13-15-29(26(19-25)30(38)24-10-5-2-6-11-24)36-31(39)32(20-22-8-3-1-4-9-22)16-7-17-37(32)21-23-12-14-27(34)28(35)18-23;1-28(2,3)29(14-7-15-34(29)18-19-10-12-23(31)24(32)16-19)27(36)33-25-13-11-21(30)17-22(25)26(35)20-8-5-4-6-9-20;1-18(2)28(13-6-14-33(28)17-19-9-11-23(30)24(31)15-19)27(35)32-25-12-10-21(29)16-22(25)26(34)20-7-4-3-5-8-20;1-26(12-5-13-31(26)16-17-8-10-21(28)22(29)14-17)25(33)30-23-11-9-19(27)15-20(23)24(32)18-6-3-2-4-7-18/h1-6,8-15,18-19H,7,16-17,20-21H2,(H,36,39);4-6,8-13,16-17H,7,14-15,18H2,1-3H3,(H,33,36);3-5,7-12,15-16,18H,6,13-14,17H2,1-2H3,(H,32,35);2-4,6-11,14-15H,5,12-13,16H2,1H3,(H,30,33)/t32-;29-;28-;26-/m0101/s1. The van der Waals surface area contributed by atoms with Crippen molar-refractivity contribution in [2.24, 2.45) is 11.3 Å². The zero-order valence-electron chi connectivity index (χ0n) is 79.5. The normalized spacial score (nSPS) is 18.0. The predicted molar refractivity (Wildman–Crippen MR) is 585 cm³/mol. The highest BCUT2D eigenvalue weighted by atomic mass is 35.5. The van der Waals surface area contributed by atoms with Gasteiger partial charge >= 0.3 is 0 Å². The first kappa shape index (κ1) is 108. The zero-order chi connectivity index (χ0) is 102. The van der Waals surface area contributed by atoms with Crippen LogP contribution in [-0.4, -0.2) is 115 Å². The van der Waals surface area contributed by atoms with E-state index in [4.69, 9.17) is 139 Å². The van der Waals surface area contributed by atoms with Crippen LogP contribution >= 0.6 is 139 Å². The van der Waals surface area contributed by atoms with Crippen LogP contribution in [0.25, 0.3) is 0 Å². The van der Waals surface area contributed by atoms with Gasteiger partial charge in [0.2, 0.25) is 23.6 Å². The Balaban J connectivity index is 0.000000152. The second-order valence-electron chi connectivity index (χ2n) is 37.6. The number of nitrogens with zero attached hydrogens (tertiary/aromatic N) is 4. The van der Waals surface area contributed by atoms with Crippen molar-refractivity contribution in [3.63, 3.8) is 0 Å². The molecule has 738 valence electrons. The van der Waals surface area contributed by atoms with Crippen LogP contribution in [0.1, 0.15) is 184 Å². The fourth-order valence-corrected chi connectivity index (χ4v) is 21.6. The van der Waals surface area contributed by atoms with Gasteiger partial charge in [-0.1, -0.05) is 350 Å². The largest absolute Gasteiger partial charge is 0.324 e. The minimum absolute atomic E-state index is 0.0355. The van der Waals surface area contributed by atoms with Crippen LogP contribution in [-0.2, 0) is 51.8 Å². The van der Waals surface area contributed by atoms with E-state index in [9.17, 15) is 38.4 Å². The average Bonchev–Trinajstić information content (AvgIpc) is 1.73. The number of halogens is 12. The van der Waals surface area contributed by atoms with Gasteiger partial charge in [0.15, 0.2) is 23.1 Å². The molecule has 0 unspecified atom stereocenters. The molecule has 0 saturated carbocycles. The minimum Gasteiger partial charge on any atom is -0.324 e. The molecule has 4 atom stereocenters. The van der Waals surface area contributed by atoms with Gasteiger partial charge in [-0.05, 0) is 251 Å². The summed E-state index contributed by atoms with van der Waals surface area (Å²) >= 11 is 74.4. The van der Waals surface area contributed by atoms with Crippen LogP contribution in [0.4, 0.5) is 22.7 Å². The van der Waals surface area contributed by atoms with Gasteiger partial charge in [-0.3, -0.25) is 58.0 Å². The van der Waals surface area contributed by atoms with E-state index in [1.165, 1.54) is 0 Å². The van der Waals surface area contributed by atoms with Crippen molar-refractivity contribution in [2.45, 2.75) is 148 Å². The van der Waals surface area contributed by atoms with E-state index in [1.54, 1.807) is 158 Å². The van der Waals surface area contributed by atoms with E-state index in [0.29, 0.717) is 186 Å². The quantitative estimate of drug-likeness (QED) is 0.0356. The molecule has 4 saturated heterocycles. The second kappa shape index (κ2) is 48.4. The molecule has 17 rings (SSSR count). The number of hydrogen-bond acceptors (Lipinski definition) is 12. The Hall–Kier alpha value is -10.3. The lowest BCUT2D eigenvalue weighted by Crippen LogP contribution is -2.60. The molecule has 4 amide bonds. The summed E-state index contributed by atoms with van der Waals surface area (Å²) in [7, 11) is 0. The third kappa shape index (κ3) is 25.7. The number of likely N-dealkylation sites (tertiary alicyclic amines) is 4. The van der Waals surface area contributed by atoms with Crippen molar-refractivity contribution in [1.29, 1.82) is 0 Å². The van der Waals surface area contributed by atoms with Gasteiger partial charge in [-0.15, -0.1) is 0 Å². The topological polar surface area (TPSA) is 198 Å². The zero-order valence-corrected chi connectivity index (χ0v) is 88.5. The Morgan fingerprint density at radius 3 is 0.951 bits per heavy atom. The molecular formula is C115H106Cl12N8O8. The molecule has 4 fully saturated rings. The molecule has 4 aliphatic rings. The summed E-state index contributed by atoms with van der Waals surface area (Å²) in [4.78, 5) is 118. The van der Waals surface area contributed by atoms with Gasteiger partial charge in [0.1, 0.15) is 16.6 Å². The molecule has 0 aromatic heterocycles. The Labute approximate surface area is 895 Å². The van der Waals surface area contributed by atoms with Crippen LogP contribution in [0.5, 0.6) is 0 Å². The molecule has 13 aromatic carbocycles. The molecule has 0 aliphatic carbocycles. The lowest BCUT2D eigenvalue weighted by molar-refractivity contribution is -0.134. The van der Waals surface area contributed by atoms with Crippen LogP contribution in [0.3, 0.4) is 0 Å². The molecule has 0 bridgehead atoms. The number of nitrogens with one attached hydrogen (secondary N) is 4. The summed E-state index contributed by atoms with van der Waals surface area (Å²) in [6.07, 6.45) is 6.83.